The number of ether oxygens (including phenoxy) is 1. The molecule has 1 aromatic rings. The van der Waals surface area contributed by atoms with E-state index in [0.717, 1.165) is 17.7 Å². The minimum absolute atomic E-state index is 0.160. The van der Waals surface area contributed by atoms with Crippen molar-refractivity contribution in [2.24, 2.45) is 0 Å². The molecule has 0 bridgehead atoms. The fourth-order valence-corrected chi connectivity index (χ4v) is 1.78. The summed E-state index contributed by atoms with van der Waals surface area (Å²) in [7, 11) is 1.69. The molecule has 1 unspecified atom stereocenters. The van der Waals surface area contributed by atoms with Gasteiger partial charge in [-0.15, -0.1) is 11.6 Å². The van der Waals surface area contributed by atoms with Gasteiger partial charge < -0.3 is 10.1 Å². The highest BCUT2D eigenvalue weighted by Gasteiger charge is 2.20. The Kier molecular flexibility index (Phi) is 5.83. The van der Waals surface area contributed by atoms with E-state index in [1.807, 2.05) is 45.0 Å². The van der Waals surface area contributed by atoms with Gasteiger partial charge in [0.1, 0.15) is 5.38 Å². The maximum atomic E-state index is 11.9. The minimum atomic E-state index is -0.497. The highest BCUT2D eigenvalue weighted by molar-refractivity contribution is 6.32. The summed E-state index contributed by atoms with van der Waals surface area (Å²) in [6.07, 6.45) is 1.33. The van der Waals surface area contributed by atoms with Crippen LogP contribution < -0.4 is 5.32 Å². The van der Waals surface area contributed by atoms with Crippen molar-refractivity contribution in [2.45, 2.75) is 44.6 Å². The lowest BCUT2D eigenvalue weighted by molar-refractivity contribution is -0.115. The number of carbonyl (C=O) groups excluding carboxylic acids is 1. The van der Waals surface area contributed by atoms with Crippen molar-refractivity contribution in [1.29, 1.82) is 0 Å². The Morgan fingerprint density at radius 3 is 2.63 bits per heavy atom. The van der Waals surface area contributed by atoms with Gasteiger partial charge in [0.05, 0.1) is 5.60 Å². The largest absolute Gasteiger partial charge is 0.378 e. The van der Waals surface area contributed by atoms with E-state index in [1.54, 1.807) is 7.11 Å². The van der Waals surface area contributed by atoms with Crippen molar-refractivity contribution in [2.75, 3.05) is 12.4 Å². The third-order valence-electron chi connectivity index (χ3n) is 3.09. The number of amides is 1. The normalized spacial score (nSPS) is 13.1. The summed E-state index contributed by atoms with van der Waals surface area (Å²) in [6, 6.07) is 7.73. The molecule has 4 heteroatoms. The third kappa shape index (κ3) is 4.84. The monoisotopic (exact) mass is 283 g/mol. The van der Waals surface area contributed by atoms with E-state index in [-0.39, 0.29) is 11.5 Å². The van der Waals surface area contributed by atoms with Crippen molar-refractivity contribution in [3.8, 4) is 0 Å². The Bertz CT molecular complexity index is 432. The molecule has 0 aromatic heterocycles. The molecule has 1 N–H and O–H groups in total. The SMILES string of the molecule is CCC(Cl)C(=O)Nc1ccccc1CC(C)(C)OC. The Hall–Kier alpha value is -1.06. The van der Waals surface area contributed by atoms with Crippen LogP contribution >= 0.6 is 11.6 Å². The van der Waals surface area contributed by atoms with Crippen molar-refractivity contribution in [1.82, 2.24) is 0 Å². The predicted molar refractivity (Wildman–Crippen MR) is 79.8 cm³/mol. The van der Waals surface area contributed by atoms with Gasteiger partial charge in [-0.05, 0) is 31.9 Å². The Morgan fingerprint density at radius 2 is 2.05 bits per heavy atom. The molecule has 0 heterocycles. The topological polar surface area (TPSA) is 38.3 Å². The fourth-order valence-electron chi connectivity index (χ4n) is 1.72. The standard InChI is InChI=1S/C15H22ClNO2/c1-5-12(16)14(18)17-13-9-7-6-8-11(13)10-15(2,3)19-4/h6-9,12H,5,10H2,1-4H3,(H,17,18). The van der Waals surface area contributed by atoms with Crippen LogP contribution in [-0.2, 0) is 16.0 Å². The molecule has 0 aliphatic carbocycles. The van der Waals surface area contributed by atoms with E-state index < -0.39 is 5.38 Å². The highest BCUT2D eigenvalue weighted by Crippen LogP contribution is 2.23. The molecule has 1 rings (SSSR count). The Balaban J connectivity index is 2.87. The maximum Gasteiger partial charge on any atom is 0.242 e. The van der Waals surface area contributed by atoms with Crippen LogP contribution in [0.4, 0.5) is 5.69 Å². The average molecular weight is 284 g/mol. The molecule has 1 atom stereocenters. The number of methoxy groups -OCH3 is 1. The summed E-state index contributed by atoms with van der Waals surface area (Å²) in [6.45, 7) is 5.92. The van der Waals surface area contributed by atoms with Gasteiger partial charge in [0.15, 0.2) is 0 Å². The highest BCUT2D eigenvalue weighted by atomic mass is 35.5. The van der Waals surface area contributed by atoms with Crippen LogP contribution in [0.5, 0.6) is 0 Å². The van der Waals surface area contributed by atoms with Gasteiger partial charge in [0.2, 0.25) is 5.91 Å². The summed E-state index contributed by atoms with van der Waals surface area (Å²) >= 11 is 5.94. The zero-order chi connectivity index (χ0) is 14.5. The number of rotatable bonds is 6. The van der Waals surface area contributed by atoms with E-state index in [1.165, 1.54) is 0 Å². The lowest BCUT2D eigenvalue weighted by Crippen LogP contribution is -2.27. The van der Waals surface area contributed by atoms with Crippen LogP contribution in [0.3, 0.4) is 0 Å². The van der Waals surface area contributed by atoms with Gasteiger partial charge in [-0.3, -0.25) is 4.79 Å². The van der Waals surface area contributed by atoms with E-state index >= 15 is 0 Å². The molecule has 1 amide bonds. The van der Waals surface area contributed by atoms with Gasteiger partial charge in [-0.25, -0.2) is 0 Å². The van der Waals surface area contributed by atoms with Gasteiger partial charge in [-0.2, -0.15) is 0 Å². The van der Waals surface area contributed by atoms with Gasteiger partial charge in [-0.1, -0.05) is 25.1 Å². The quantitative estimate of drug-likeness (QED) is 0.810. The van der Waals surface area contributed by atoms with E-state index in [4.69, 9.17) is 16.3 Å². The Morgan fingerprint density at radius 1 is 1.42 bits per heavy atom. The summed E-state index contributed by atoms with van der Waals surface area (Å²) < 4.78 is 5.43. The summed E-state index contributed by atoms with van der Waals surface area (Å²) in [4.78, 5) is 11.9. The van der Waals surface area contributed by atoms with Crippen LogP contribution in [0, 0.1) is 0 Å². The molecule has 106 valence electrons. The first kappa shape index (κ1) is 16.0. The first-order chi connectivity index (χ1) is 8.89. The number of benzene rings is 1. The number of halogens is 1. The number of anilines is 1. The molecule has 19 heavy (non-hydrogen) atoms. The Labute approximate surface area is 120 Å². The molecule has 0 radical (unpaired) electrons. The van der Waals surface area contributed by atoms with Crippen LogP contribution in [0.15, 0.2) is 24.3 Å². The average Bonchev–Trinajstić information content (AvgIpc) is 2.39. The second kappa shape index (κ2) is 6.92. The predicted octanol–water partition coefficient (Wildman–Crippen LogP) is 3.61. The van der Waals surface area contributed by atoms with Crippen LogP contribution in [0.2, 0.25) is 0 Å². The first-order valence-electron chi connectivity index (χ1n) is 6.47. The van der Waals surface area contributed by atoms with Crippen molar-refractivity contribution in [3.63, 3.8) is 0 Å². The zero-order valence-corrected chi connectivity index (χ0v) is 12.8. The molecule has 0 aliphatic heterocycles. The van der Waals surface area contributed by atoms with Crippen molar-refractivity contribution >= 4 is 23.2 Å². The number of nitrogens with one attached hydrogen (secondary N) is 1. The smallest absolute Gasteiger partial charge is 0.242 e. The summed E-state index contributed by atoms with van der Waals surface area (Å²) in [5.41, 5.74) is 1.57. The van der Waals surface area contributed by atoms with Crippen molar-refractivity contribution < 1.29 is 9.53 Å². The second-order valence-corrected chi connectivity index (χ2v) is 5.69. The molecule has 0 saturated heterocycles. The molecular formula is C15H22ClNO2. The zero-order valence-electron chi connectivity index (χ0n) is 12.0. The molecular weight excluding hydrogens is 262 g/mol. The molecule has 3 nitrogen and oxygen atoms in total. The summed E-state index contributed by atoms with van der Waals surface area (Å²) in [5.74, 6) is -0.160. The van der Waals surface area contributed by atoms with Gasteiger partial charge >= 0.3 is 0 Å². The molecule has 0 aliphatic rings. The van der Waals surface area contributed by atoms with E-state index in [2.05, 4.69) is 5.32 Å². The molecule has 0 fully saturated rings. The number of alkyl halides is 1. The third-order valence-corrected chi connectivity index (χ3v) is 3.59. The second-order valence-electron chi connectivity index (χ2n) is 5.16. The molecule has 1 aromatic carbocycles. The van der Waals surface area contributed by atoms with Gasteiger partial charge in [0.25, 0.3) is 0 Å². The maximum absolute atomic E-state index is 11.9. The van der Waals surface area contributed by atoms with Crippen molar-refractivity contribution in [3.05, 3.63) is 29.8 Å². The number of carbonyl (C=O) groups is 1. The lowest BCUT2D eigenvalue weighted by atomic mass is 9.97. The molecule has 0 saturated carbocycles. The van der Waals surface area contributed by atoms with Gasteiger partial charge in [0, 0.05) is 19.2 Å². The van der Waals surface area contributed by atoms with Crippen LogP contribution in [-0.4, -0.2) is 24.0 Å². The fraction of sp³-hybridized carbons (Fsp3) is 0.533. The summed E-state index contributed by atoms with van der Waals surface area (Å²) in [5, 5.41) is 2.38. The van der Waals surface area contributed by atoms with E-state index in [0.29, 0.717) is 6.42 Å². The number of hydrogen-bond acceptors (Lipinski definition) is 2. The molecule has 0 spiro atoms. The minimum Gasteiger partial charge on any atom is -0.378 e. The van der Waals surface area contributed by atoms with Crippen LogP contribution in [0.25, 0.3) is 0 Å². The first-order valence-corrected chi connectivity index (χ1v) is 6.91. The van der Waals surface area contributed by atoms with Crippen LogP contribution in [0.1, 0.15) is 32.8 Å². The number of hydrogen-bond donors (Lipinski definition) is 1. The van der Waals surface area contributed by atoms with E-state index in [9.17, 15) is 4.79 Å². The number of para-hydroxylation sites is 1. The lowest BCUT2D eigenvalue weighted by Gasteiger charge is -2.24.